The van der Waals surface area contributed by atoms with Crippen LogP contribution in [0, 0.1) is 12.8 Å². The molecular formula is C24H37N5O2. The Morgan fingerprint density at radius 3 is 2.77 bits per heavy atom. The van der Waals surface area contributed by atoms with Crippen LogP contribution in [0.1, 0.15) is 43.7 Å². The maximum Gasteiger partial charge on any atom is 0.243 e. The summed E-state index contributed by atoms with van der Waals surface area (Å²) in [6, 6.07) is 6.14. The van der Waals surface area contributed by atoms with Crippen LogP contribution < -0.4 is 21.3 Å². The molecule has 4 unspecified atom stereocenters. The van der Waals surface area contributed by atoms with Crippen molar-refractivity contribution < 1.29 is 9.59 Å². The molecule has 7 nitrogen and oxygen atoms in total. The van der Waals surface area contributed by atoms with Gasteiger partial charge in [0.25, 0.3) is 0 Å². The number of piperazine rings is 1. The molecule has 0 aromatic heterocycles. The van der Waals surface area contributed by atoms with Gasteiger partial charge in [-0.3, -0.25) is 9.59 Å². The van der Waals surface area contributed by atoms with Crippen molar-refractivity contribution in [3.05, 3.63) is 29.3 Å². The summed E-state index contributed by atoms with van der Waals surface area (Å²) in [4.78, 5) is 27.9. The Hall–Kier alpha value is -2.12. The van der Waals surface area contributed by atoms with Crippen LogP contribution in [0.25, 0.3) is 0 Å². The summed E-state index contributed by atoms with van der Waals surface area (Å²) < 4.78 is 0. The van der Waals surface area contributed by atoms with Crippen LogP contribution in [-0.2, 0) is 16.0 Å². The van der Waals surface area contributed by atoms with Crippen molar-refractivity contribution in [3.63, 3.8) is 0 Å². The number of carbonyl (C=O) groups is 2. The first-order valence-corrected chi connectivity index (χ1v) is 11.9. The molecule has 4 N–H and O–H groups in total. The van der Waals surface area contributed by atoms with E-state index in [1.54, 1.807) is 0 Å². The lowest BCUT2D eigenvalue weighted by Gasteiger charge is -2.37. The molecule has 0 bridgehead atoms. The Morgan fingerprint density at radius 1 is 1.23 bits per heavy atom. The van der Waals surface area contributed by atoms with Gasteiger partial charge in [0.1, 0.15) is 6.04 Å². The highest BCUT2D eigenvalue weighted by Crippen LogP contribution is 2.29. The van der Waals surface area contributed by atoms with Gasteiger partial charge in [-0.05, 0) is 49.8 Å². The molecule has 4 atom stereocenters. The first kappa shape index (κ1) is 22.1. The molecule has 2 fully saturated rings. The van der Waals surface area contributed by atoms with E-state index in [0.29, 0.717) is 25.2 Å². The van der Waals surface area contributed by atoms with Gasteiger partial charge >= 0.3 is 0 Å². The average Bonchev–Trinajstić information content (AvgIpc) is 3.23. The zero-order chi connectivity index (χ0) is 21.8. The molecule has 31 heavy (non-hydrogen) atoms. The van der Waals surface area contributed by atoms with Gasteiger partial charge < -0.3 is 26.2 Å². The lowest BCUT2D eigenvalue weighted by atomic mass is 9.85. The standard InChI is InChI=1S/C24H37N5O2/c1-16-5-3-7-18-15-20(27-22(16)18)24(31)28-19(23-17(2)6-4-10-26-23)8-9-21(30)29-13-11-25-12-14-29/h3,5,7,17,19-20,23,25-27H,4,6,8-15H2,1-2H3,(H,28,31). The van der Waals surface area contributed by atoms with Crippen molar-refractivity contribution in [1.29, 1.82) is 0 Å². The van der Waals surface area contributed by atoms with Gasteiger partial charge in [0.2, 0.25) is 11.8 Å². The fourth-order valence-corrected chi connectivity index (χ4v) is 5.30. The van der Waals surface area contributed by atoms with Gasteiger partial charge in [-0.1, -0.05) is 25.1 Å². The fourth-order valence-electron chi connectivity index (χ4n) is 5.30. The van der Waals surface area contributed by atoms with Crippen molar-refractivity contribution in [3.8, 4) is 0 Å². The number of nitrogens with one attached hydrogen (secondary N) is 4. The van der Waals surface area contributed by atoms with E-state index in [2.05, 4.69) is 47.2 Å². The van der Waals surface area contributed by atoms with Gasteiger partial charge in [0.15, 0.2) is 0 Å². The Bertz CT molecular complexity index is 792. The molecule has 3 aliphatic heterocycles. The van der Waals surface area contributed by atoms with Crippen LogP contribution in [0.5, 0.6) is 0 Å². The Labute approximate surface area is 185 Å². The van der Waals surface area contributed by atoms with E-state index in [4.69, 9.17) is 0 Å². The summed E-state index contributed by atoms with van der Waals surface area (Å²) in [5.74, 6) is 0.713. The molecule has 2 amide bonds. The number of fused-ring (bicyclic) bond motifs is 1. The van der Waals surface area contributed by atoms with Gasteiger partial charge in [0.05, 0.1) is 0 Å². The quantitative estimate of drug-likeness (QED) is 0.552. The summed E-state index contributed by atoms with van der Waals surface area (Å²) in [5.41, 5.74) is 3.47. The second-order valence-corrected chi connectivity index (χ2v) is 9.39. The number of anilines is 1. The third kappa shape index (κ3) is 5.21. The first-order valence-electron chi connectivity index (χ1n) is 11.9. The van der Waals surface area contributed by atoms with Crippen molar-refractivity contribution in [2.45, 2.75) is 64.1 Å². The van der Waals surface area contributed by atoms with Gasteiger partial charge in [-0.25, -0.2) is 0 Å². The summed E-state index contributed by atoms with van der Waals surface area (Å²) >= 11 is 0. The smallest absolute Gasteiger partial charge is 0.243 e. The topological polar surface area (TPSA) is 85.5 Å². The third-order valence-corrected chi connectivity index (χ3v) is 7.15. The molecule has 7 heteroatoms. The van der Waals surface area contributed by atoms with E-state index in [-0.39, 0.29) is 29.9 Å². The molecule has 4 rings (SSSR count). The van der Waals surface area contributed by atoms with E-state index in [0.717, 1.165) is 51.3 Å². The lowest BCUT2D eigenvalue weighted by molar-refractivity contribution is -0.132. The molecule has 3 aliphatic rings. The van der Waals surface area contributed by atoms with Crippen molar-refractivity contribution in [1.82, 2.24) is 20.9 Å². The lowest BCUT2D eigenvalue weighted by Crippen LogP contribution is -2.57. The minimum Gasteiger partial charge on any atom is -0.373 e. The second kappa shape index (κ2) is 10.0. The molecule has 170 valence electrons. The predicted octanol–water partition coefficient (Wildman–Crippen LogP) is 1.42. The molecule has 0 radical (unpaired) electrons. The van der Waals surface area contributed by atoms with Crippen molar-refractivity contribution in [2.75, 3.05) is 38.0 Å². The number of amides is 2. The SMILES string of the molecule is Cc1cccc2c1NC(C(=O)NC(CCC(=O)N1CCNCC1)C1NCCCC1C)C2. The fraction of sp³-hybridized carbons (Fsp3) is 0.667. The number of benzene rings is 1. The maximum absolute atomic E-state index is 13.2. The average molecular weight is 428 g/mol. The minimum atomic E-state index is -0.249. The minimum absolute atomic E-state index is 0.0368. The number of nitrogens with zero attached hydrogens (tertiary/aromatic N) is 1. The number of rotatable bonds is 6. The zero-order valence-corrected chi connectivity index (χ0v) is 18.9. The largest absolute Gasteiger partial charge is 0.373 e. The van der Waals surface area contributed by atoms with Crippen LogP contribution in [0.3, 0.4) is 0 Å². The van der Waals surface area contributed by atoms with Crippen LogP contribution in [0.4, 0.5) is 5.69 Å². The van der Waals surface area contributed by atoms with E-state index in [9.17, 15) is 9.59 Å². The van der Waals surface area contributed by atoms with Crippen molar-refractivity contribution in [2.24, 2.45) is 5.92 Å². The molecule has 0 saturated carbocycles. The van der Waals surface area contributed by atoms with E-state index in [1.165, 1.54) is 11.1 Å². The Morgan fingerprint density at radius 2 is 2.03 bits per heavy atom. The number of aryl methyl sites for hydroxylation is 1. The van der Waals surface area contributed by atoms with E-state index >= 15 is 0 Å². The zero-order valence-electron chi connectivity index (χ0n) is 18.9. The predicted molar refractivity (Wildman–Crippen MR) is 123 cm³/mol. The van der Waals surface area contributed by atoms with Gasteiger partial charge in [-0.15, -0.1) is 0 Å². The molecule has 0 spiro atoms. The highest BCUT2D eigenvalue weighted by molar-refractivity contribution is 5.88. The summed E-state index contributed by atoms with van der Waals surface area (Å²) in [5, 5.41) is 13.7. The number of piperidine rings is 1. The summed E-state index contributed by atoms with van der Waals surface area (Å²) in [7, 11) is 0. The van der Waals surface area contributed by atoms with Gasteiger partial charge in [-0.2, -0.15) is 0 Å². The normalized spacial score (nSPS) is 26.6. The maximum atomic E-state index is 13.2. The van der Waals surface area contributed by atoms with Crippen molar-refractivity contribution >= 4 is 17.5 Å². The number of carbonyl (C=O) groups excluding carboxylic acids is 2. The van der Waals surface area contributed by atoms with Gasteiger partial charge in [0, 0.05) is 56.8 Å². The number of hydrogen-bond donors (Lipinski definition) is 4. The van der Waals surface area contributed by atoms with Crippen LogP contribution in [-0.4, -0.2) is 67.6 Å². The summed E-state index contributed by atoms with van der Waals surface area (Å²) in [6.45, 7) is 8.57. The molecule has 1 aromatic carbocycles. The molecule has 1 aromatic rings. The molecule has 0 aliphatic carbocycles. The highest BCUT2D eigenvalue weighted by Gasteiger charge is 2.34. The molecule has 2 saturated heterocycles. The Kier molecular flexibility index (Phi) is 7.13. The second-order valence-electron chi connectivity index (χ2n) is 9.39. The molecular weight excluding hydrogens is 390 g/mol. The number of para-hydroxylation sites is 1. The van der Waals surface area contributed by atoms with E-state index in [1.807, 2.05) is 11.0 Å². The summed E-state index contributed by atoms with van der Waals surface area (Å²) in [6.07, 6.45) is 4.18. The monoisotopic (exact) mass is 427 g/mol. The number of hydrogen-bond acceptors (Lipinski definition) is 5. The third-order valence-electron chi connectivity index (χ3n) is 7.15. The first-order chi connectivity index (χ1) is 15.0. The Balaban J connectivity index is 1.40. The highest BCUT2D eigenvalue weighted by atomic mass is 16.2. The molecule has 3 heterocycles. The van der Waals surface area contributed by atoms with E-state index < -0.39 is 0 Å². The van der Waals surface area contributed by atoms with Crippen LogP contribution in [0.2, 0.25) is 0 Å². The van der Waals surface area contributed by atoms with Crippen LogP contribution >= 0.6 is 0 Å². The van der Waals surface area contributed by atoms with Crippen LogP contribution in [0.15, 0.2) is 18.2 Å².